The summed E-state index contributed by atoms with van der Waals surface area (Å²) in [5, 5.41) is 5.47. The summed E-state index contributed by atoms with van der Waals surface area (Å²) in [4.78, 5) is 38.2. The molecular weight excluding hydrogens is 320 g/mol. The van der Waals surface area contributed by atoms with Crippen LogP contribution in [-0.2, 0) is 23.9 Å². The summed E-state index contributed by atoms with van der Waals surface area (Å²) >= 11 is 0. The van der Waals surface area contributed by atoms with Crippen LogP contribution in [0.2, 0.25) is 0 Å². The summed E-state index contributed by atoms with van der Waals surface area (Å²) < 4.78 is 14.1. The Kier molecular flexibility index (Phi) is 8.37. The molecule has 0 saturated heterocycles. The lowest BCUT2D eigenvalue weighted by Gasteiger charge is -2.05. The zero-order chi connectivity index (χ0) is 17.8. The van der Waals surface area contributed by atoms with Gasteiger partial charge in [0.2, 0.25) is 6.61 Å². The monoisotopic (exact) mass is 338 g/mol. The van der Waals surface area contributed by atoms with Gasteiger partial charge in [0.25, 0.3) is 5.91 Å². The van der Waals surface area contributed by atoms with Gasteiger partial charge >= 0.3 is 12.1 Å². The van der Waals surface area contributed by atoms with Gasteiger partial charge in [-0.15, -0.1) is 0 Å². The smallest absolute Gasteiger partial charge is 0.413 e. The molecule has 0 aliphatic rings. The zero-order valence-corrected chi connectivity index (χ0v) is 13.3. The van der Waals surface area contributed by atoms with Crippen molar-refractivity contribution in [3.05, 3.63) is 29.8 Å². The van der Waals surface area contributed by atoms with Crippen molar-refractivity contribution in [3.63, 3.8) is 0 Å². The summed E-state index contributed by atoms with van der Waals surface area (Å²) in [6.45, 7) is 0.620. The molecule has 0 heterocycles. The van der Waals surface area contributed by atoms with Gasteiger partial charge in [-0.25, -0.2) is 9.59 Å². The Hall–Kier alpha value is -3.10. The van der Waals surface area contributed by atoms with Crippen LogP contribution in [0.4, 0.5) is 4.79 Å². The lowest BCUT2D eigenvalue weighted by Crippen LogP contribution is -2.34. The number of hydrogen-bond acceptors (Lipinski definition) is 8. The standard InChI is InChI=1S/C15H18N2O7/c1-3-22-15(20)17-13(18)9-23-14(19)10-24-16-8-11-4-6-12(21-2)7-5-11/h4-8H,3,9-10H2,1-2H3,(H,17,18,20)/b16-8-. The van der Waals surface area contributed by atoms with Gasteiger partial charge in [-0.1, -0.05) is 5.16 Å². The van der Waals surface area contributed by atoms with Gasteiger partial charge in [-0.3, -0.25) is 10.1 Å². The van der Waals surface area contributed by atoms with Crippen LogP contribution in [0.3, 0.4) is 0 Å². The van der Waals surface area contributed by atoms with E-state index in [0.29, 0.717) is 5.75 Å². The molecule has 1 rings (SSSR count). The molecule has 24 heavy (non-hydrogen) atoms. The Morgan fingerprint density at radius 3 is 2.46 bits per heavy atom. The third kappa shape index (κ3) is 7.78. The minimum absolute atomic E-state index is 0.124. The molecule has 1 aromatic carbocycles. The summed E-state index contributed by atoms with van der Waals surface area (Å²) in [6.07, 6.45) is 0.499. The second-order valence-electron chi connectivity index (χ2n) is 4.21. The van der Waals surface area contributed by atoms with Crippen LogP contribution in [0.1, 0.15) is 12.5 Å². The average Bonchev–Trinajstić information content (AvgIpc) is 2.57. The first kappa shape index (κ1) is 18.9. The van der Waals surface area contributed by atoms with E-state index in [1.54, 1.807) is 38.3 Å². The number of benzene rings is 1. The van der Waals surface area contributed by atoms with Crippen molar-refractivity contribution in [2.45, 2.75) is 6.92 Å². The number of imide groups is 1. The molecule has 0 aromatic heterocycles. The molecule has 9 heteroatoms. The minimum atomic E-state index is -0.904. The summed E-state index contributed by atoms with van der Waals surface area (Å²) in [7, 11) is 1.56. The molecule has 130 valence electrons. The molecule has 0 bridgehead atoms. The number of methoxy groups -OCH3 is 1. The van der Waals surface area contributed by atoms with Crippen LogP contribution in [0.25, 0.3) is 0 Å². The average molecular weight is 338 g/mol. The SMILES string of the molecule is CCOC(=O)NC(=O)COC(=O)CO/N=C\c1ccc(OC)cc1. The number of rotatable bonds is 8. The number of hydrogen-bond donors (Lipinski definition) is 1. The van der Waals surface area contributed by atoms with Gasteiger partial charge in [-0.05, 0) is 36.8 Å². The van der Waals surface area contributed by atoms with E-state index < -0.39 is 31.2 Å². The maximum atomic E-state index is 11.3. The molecular formula is C15H18N2O7. The van der Waals surface area contributed by atoms with Gasteiger partial charge in [0.1, 0.15) is 5.75 Å². The highest BCUT2D eigenvalue weighted by atomic mass is 16.7. The minimum Gasteiger partial charge on any atom is -0.497 e. The van der Waals surface area contributed by atoms with Gasteiger partial charge in [-0.2, -0.15) is 0 Å². The number of amides is 2. The normalized spacial score (nSPS) is 10.1. The van der Waals surface area contributed by atoms with Crippen LogP contribution in [0, 0.1) is 0 Å². The number of nitrogens with zero attached hydrogens (tertiary/aromatic N) is 1. The van der Waals surface area contributed by atoms with Crippen molar-refractivity contribution in [1.82, 2.24) is 5.32 Å². The van der Waals surface area contributed by atoms with Crippen molar-refractivity contribution in [2.75, 3.05) is 26.9 Å². The Labute approximate surface area is 138 Å². The van der Waals surface area contributed by atoms with Crippen molar-refractivity contribution in [1.29, 1.82) is 0 Å². The first-order chi connectivity index (χ1) is 11.5. The molecule has 0 radical (unpaired) electrons. The molecule has 1 N–H and O–H groups in total. The Bertz CT molecular complexity index is 584. The second kappa shape index (κ2) is 10.6. The van der Waals surface area contributed by atoms with Crippen LogP contribution in [0.5, 0.6) is 5.75 Å². The van der Waals surface area contributed by atoms with Crippen LogP contribution >= 0.6 is 0 Å². The van der Waals surface area contributed by atoms with E-state index in [1.165, 1.54) is 6.21 Å². The van der Waals surface area contributed by atoms with Crippen LogP contribution < -0.4 is 10.1 Å². The number of carbonyl (C=O) groups is 3. The molecule has 1 aromatic rings. The summed E-state index contributed by atoms with van der Waals surface area (Å²) in [6, 6.07) is 7.00. The van der Waals surface area contributed by atoms with E-state index in [4.69, 9.17) is 9.57 Å². The molecule has 0 aliphatic heterocycles. The Balaban J connectivity index is 2.22. The maximum absolute atomic E-state index is 11.3. The molecule has 0 atom stereocenters. The lowest BCUT2D eigenvalue weighted by atomic mass is 10.2. The van der Waals surface area contributed by atoms with E-state index >= 15 is 0 Å². The van der Waals surface area contributed by atoms with E-state index in [1.807, 2.05) is 5.32 Å². The second-order valence-corrected chi connectivity index (χ2v) is 4.21. The molecule has 0 saturated carbocycles. The van der Waals surface area contributed by atoms with E-state index in [2.05, 4.69) is 14.6 Å². The zero-order valence-electron chi connectivity index (χ0n) is 13.3. The lowest BCUT2D eigenvalue weighted by molar-refractivity contribution is -0.152. The topological polar surface area (TPSA) is 113 Å². The summed E-state index contributed by atoms with van der Waals surface area (Å²) in [5.41, 5.74) is 0.748. The van der Waals surface area contributed by atoms with Gasteiger partial charge in [0.05, 0.1) is 19.9 Å². The first-order valence-corrected chi connectivity index (χ1v) is 6.96. The highest BCUT2D eigenvalue weighted by molar-refractivity contribution is 5.93. The van der Waals surface area contributed by atoms with Gasteiger partial charge < -0.3 is 19.0 Å². The number of oxime groups is 1. The highest BCUT2D eigenvalue weighted by Gasteiger charge is 2.11. The number of alkyl carbamates (subject to hydrolysis) is 1. The molecule has 0 aliphatic carbocycles. The van der Waals surface area contributed by atoms with Crippen LogP contribution in [0.15, 0.2) is 29.4 Å². The Morgan fingerprint density at radius 1 is 1.12 bits per heavy atom. The molecule has 0 fully saturated rings. The molecule has 9 nitrogen and oxygen atoms in total. The van der Waals surface area contributed by atoms with Crippen LogP contribution in [-0.4, -0.2) is 51.1 Å². The van der Waals surface area contributed by atoms with Crippen molar-refractivity contribution >= 4 is 24.2 Å². The molecule has 2 amide bonds. The quantitative estimate of drug-likeness (QED) is 0.425. The third-order valence-electron chi connectivity index (χ3n) is 2.46. The number of nitrogens with one attached hydrogen (secondary N) is 1. The van der Waals surface area contributed by atoms with E-state index in [0.717, 1.165) is 5.56 Å². The first-order valence-electron chi connectivity index (χ1n) is 6.96. The third-order valence-corrected chi connectivity index (χ3v) is 2.46. The maximum Gasteiger partial charge on any atom is 0.413 e. The van der Waals surface area contributed by atoms with E-state index in [9.17, 15) is 14.4 Å². The van der Waals surface area contributed by atoms with E-state index in [-0.39, 0.29) is 6.61 Å². The van der Waals surface area contributed by atoms with Gasteiger partial charge in [0.15, 0.2) is 6.61 Å². The molecule has 0 spiro atoms. The fraction of sp³-hybridized carbons (Fsp3) is 0.333. The highest BCUT2D eigenvalue weighted by Crippen LogP contribution is 2.09. The molecule has 0 unspecified atom stereocenters. The number of ether oxygens (including phenoxy) is 3. The predicted molar refractivity (Wildman–Crippen MR) is 82.7 cm³/mol. The predicted octanol–water partition coefficient (Wildman–Crippen LogP) is 0.862. The number of carbonyl (C=O) groups excluding carboxylic acids is 3. The van der Waals surface area contributed by atoms with Gasteiger partial charge in [0, 0.05) is 0 Å². The van der Waals surface area contributed by atoms with Crippen molar-refractivity contribution < 1.29 is 33.4 Å². The fourth-order valence-corrected chi connectivity index (χ4v) is 1.38. The van der Waals surface area contributed by atoms with Crippen molar-refractivity contribution in [2.24, 2.45) is 5.16 Å². The summed E-state index contributed by atoms with van der Waals surface area (Å²) in [5.74, 6) is -0.901. The Morgan fingerprint density at radius 2 is 1.83 bits per heavy atom. The van der Waals surface area contributed by atoms with Crippen molar-refractivity contribution in [3.8, 4) is 5.75 Å². The fourth-order valence-electron chi connectivity index (χ4n) is 1.38. The largest absolute Gasteiger partial charge is 0.497 e. The number of esters is 1.